The molecule has 7 aromatic rings. The summed E-state index contributed by atoms with van der Waals surface area (Å²) in [4.78, 5) is 0. The van der Waals surface area contributed by atoms with Crippen LogP contribution >= 0.6 is 15.9 Å². The maximum absolute atomic E-state index is 4.03. The highest BCUT2D eigenvalue weighted by Crippen LogP contribution is 2.42. The third kappa shape index (κ3) is 4.13. The van der Waals surface area contributed by atoms with Crippen LogP contribution in [0.4, 0.5) is 0 Å². The van der Waals surface area contributed by atoms with E-state index in [9.17, 15) is 0 Å². The quantitative estimate of drug-likeness (QED) is 0.187. The van der Waals surface area contributed by atoms with Gasteiger partial charge < -0.3 is 9.13 Å². The van der Waals surface area contributed by atoms with E-state index in [0.717, 1.165) is 10.2 Å². The van der Waals surface area contributed by atoms with Crippen LogP contribution in [0.1, 0.15) is 52.7 Å². The van der Waals surface area contributed by atoms with E-state index in [1.807, 2.05) is 0 Å². The van der Waals surface area contributed by atoms with Crippen LogP contribution in [0.5, 0.6) is 0 Å². The highest BCUT2D eigenvalue weighted by molar-refractivity contribution is 9.10. The van der Waals surface area contributed by atoms with Gasteiger partial charge in [0.15, 0.2) is 0 Å². The van der Waals surface area contributed by atoms with Crippen molar-refractivity contribution in [1.29, 1.82) is 0 Å². The Labute approximate surface area is 250 Å². The van der Waals surface area contributed by atoms with Crippen molar-refractivity contribution in [2.45, 2.75) is 52.4 Å². The summed E-state index contributed by atoms with van der Waals surface area (Å²) in [6, 6.07) is 38.1. The summed E-state index contributed by atoms with van der Waals surface area (Å²) in [5.74, 6) is 0. The van der Waals surface area contributed by atoms with Gasteiger partial charge in [-0.15, -0.1) is 0 Å². The highest BCUT2D eigenvalue weighted by atomic mass is 79.9. The van der Waals surface area contributed by atoms with Gasteiger partial charge in [-0.3, -0.25) is 0 Å². The Morgan fingerprint density at radius 3 is 1.56 bits per heavy atom. The largest absolute Gasteiger partial charge is 0.309 e. The molecule has 2 nitrogen and oxygen atoms in total. The number of aromatic nitrogens is 2. The molecular weight excluding hydrogens is 564 g/mol. The van der Waals surface area contributed by atoms with E-state index >= 15 is 0 Å². The van der Waals surface area contributed by atoms with Crippen molar-refractivity contribution >= 4 is 59.5 Å². The topological polar surface area (TPSA) is 9.86 Å². The molecule has 0 unspecified atom stereocenters. The standard InChI is InChI=1S/C38H35BrN2/c1-37(2,3)24-16-18-33-28(20-24)29-21-25(38(4,5)6)17-19-34(29)41(33)36-22-30-27-14-10-11-15-32(27)40(35(30)23-31(36)39)26-12-8-7-9-13-26/h7-23H,1-6H3. The molecule has 0 fully saturated rings. The molecule has 0 aliphatic carbocycles. The molecule has 0 aliphatic heterocycles. The first-order valence-electron chi connectivity index (χ1n) is 14.4. The predicted molar refractivity (Wildman–Crippen MR) is 180 cm³/mol. The molecule has 0 saturated carbocycles. The Morgan fingerprint density at radius 1 is 0.463 bits per heavy atom. The van der Waals surface area contributed by atoms with Gasteiger partial charge in [-0.2, -0.15) is 0 Å². The Morgan fingerprint density at radius 2 is 0.976 bits per heavy atom. The fourth-order valence-corrected chi connectivity index (χ4v) is 6.73. The fraction of sp³-hybridized carbons (Fsp3) is 0.211. The van der Waals surface area contributed by atoms with Crippen molar-refractivity contribution in [3.8, 4) is 11.4 Å². The molecular formula is C38H35BrN2. The molecule has 204 valence electrons. The van der Waals surface area contributed by atoms with Gasteiger partial charge >= 0.3 is 0 Å². The summed E-state index contributed by atoms with van der Waals surface area (Å²) in [6.07, 6.45) is 0. The van der Waals surface area contributed by atoms with Gasteiger partial charge in [-0.05, 0) is 92.5 Å². The summed E-state index contributed by atoms with van der Waals surface area (Å²) in [5.41, 5.74) is 10.0. The van der Waals surface area contributed by atoms with Gasteiger partial charge in [0, 0.05) is 31.7 Å². The molecule has 0 atom stereocenters. The van der Waals surface area contributed by atoms with Crippen molar-refractivity contribution in [2.75, 3.05) is 0 Å². The molecule has 2 aromatic heterocycles. The molecule has 0 bridgehead atoms. The normalized spacial score (nSPS) is 12.8. The van der Waals surface area contributed by atoms with E-state index in [0.29, 0.717) is 0 Å². The molecule has 2 heterocycles. The van der Waals surface area contributed by atoms with E-state index in [2.05, 4.69) is 170 Å². The fourth-order valence-electron chi connectivity index (χ4n) is 6.22. The maximum atomic E-state index is 4.03. The van der Waals surface area contributed by atoms with Gasteiger partial charge in [-0.1, -0.05) is 90.1 Å². The smallest absolute Gasteiger partial charge is 0.0611 e. The minimum Gasteiger partial charge on any atom is -0.309 e. The Kier molecular flexibility index (Phi) is 5.79. The van der Waals surface area contributed by atoms with Crippen molar-refractivity contribution in [3.63, 3.8) is 0 Å². The molecule has 0 amide bonds. The van der Waals surface area contributed by atoms with Crippen LogP contribution < -0.4 is 0 Å². The van der Waals surface area contributed by atoms with Crippen LogP contribution in [0, 0.1) is 0 Å². The van der Waals surface area contributed by atoms with E-state index in [4.69, 9.17) is 0 Å². The lowest BCUT2D eigenvalue weighted by molar-refractivity contribution is 0.590. The first kappa shape index (κ1) is 26.1. The summed E-state index contributed by atoms with van der Waals surface area (Å²) >= 11 is 4.03. The molecule has 3 heteroatoms. The third-order valence-corrected chi connectivity index (χ3v) is 9.13. The molecule has 0 saturated heterocycles. The number of rotatable bonds is 2. The predicted octanol–water partition coefficient (Wildman–Crippen LogP) is 11.2. The van der Waals surface area contributed by atoms with Gasteiger partial charge in [0.05, 0.1) is 27.8 Å². The Bertz CT molecular complexity index is 2040. The second-order valence-electron chi connectivity index (χ2n) is 13.3. The van der Waals surface area contributed by atoms with E-state index in [1.54, 1.807) is 0 Å². The number of hydrogen-bond donors (Lipinski definition) is 0. The molecule has 0 radical (unpaired) electrons. The average molecular weight is 600 g/mol. The molecule has 0 aliphatic rings. The molecule has 5 aromatic carbocycles. The number of benzene rings is 5. The number of fused-ring (bicyclic) bond motifs is 6. The zero-order valence-electron chi connectivity index (χ0n) is 24.6. The lowest BCUT2D eigenvalue weighted by Crippen LogP contribution is -2.10. The maximum Gasteiger partial charge on any atom is 0.0611 e. The van der Waals surface area contributed by atoms with Crippen LogP contribution in [-0.2, 0) is 10.8 Å². The van der Waals surface area contributed by atoms with Crippen molar-refractivity contribution in [2.24, 2.45) is 0 Å². The second kappa shape index (κ2) is 9.09. The number of nitrogens with zero attached hydrogens (tertiary/aromatic N) is 2. The van der Waals surface area contributed by atoms with Crippen molar-refractivity contribution < 1.29 is 0 Å². The molecule has 0 spiro atoms. The number of halogens is 1. The zero-order valence-corrected chi connectivity index (χ0v) is 26.2. The molecule has 7 rings (SSSR count). The third-order valence-electron chi connectivity index (χ3n) is 8.49. The van der Waals surface area contributed by atoms with Gasteiger partial charge in [0.1, 0.15) is 0 Å². The first-order valence-corrected chi connectivity index (χ1v) is 15.2. The van der Waals surface area contributed by atoms with Crippen LogP contribution in [-0.4, -0.2) is 9.13 Å². The lowest BCUT2D eigenvalue weighted by atomic mass is 9.85. The minimum atomic E-state index is 0.0724. The van der Waals surface area contributed by atoms with E-state index in [1.165, 1.54) is 60.4 Å². The monoisotopic (exact) mass is 598 g/mol. The highest BCUT2D eigenvalue weighted by Gasteiger charge is 2.22. The average Bonchev–Trinajstić information content (AvgIpc) is 3.43. The van der Waals surface area contributed by atoms with Gasteiger partial charge in [0.25, 0.3) is 0 Å². The Hall–Kier alpha value is -3.82. The number of para-hydroxylation sites is 2. The Balaban J connectivity index is 1.58. The molecule has 41 heavy (non-hydrogen) atoms. The van der Waals surface area contributed by atoms with Crippen LogP contribution in [0.2, 0.25) is 0 Å². The van der Waals surface area contributed by atoms with Crippen LogP contribution in [0.25, 0.3) is 55.0 Å². The van der Waals surface area contributed by atoms with E-state index < -0.39 is 0 Å². The summed E-state index contributed by atoms with van der Waals surface area (Å²) in [6.45, 7) is 13.8. The summed E-state index contributed by atoms with van der Waals surface area (Å²) in [7, 11) is 0. The minimum absolute atomic E-state index is 0.0724. The summed E-state index contributed by atoms with van der Waals surface area (Å²) in [5, 5.41) is 5.11. The van der Waals surface area contributed by atoms with Crippen LogP contribution in [0.3, 0.4) is 0 Å². The van der Waals surface area contributed by atoms with Crippen molar-refractivity contribution in [3.05, 3.63) is 119 Å². The summed E-state index contributed by atoms with van der Waals surface area (Å²) < 4.78 is 5.89. The van der Waals surface area contributed by atoms with Gasteiger partial charge in [-0.25, -0.2) is 0 Å². The van der Waals surface area contributed by atoms with E-state index in [-0.39, 0.29) is 10.8 Å². The SMILES string of the molecule is CC(C)(C)c1ccc2c(c1)c1cc(C(C)(C)C)ccc1n2-c1cc2c3ccccc3n(-c3ccccc3)c2cc1Br. The van der Waals surface area contributed by atoms with Crippen molar-refractivity contribution in [1.82, 2.24) is 9.13 Å². The van der Waals surface area contributed by atoms with Crippen LogP contribution in [0.15, 0.2) is 108 Å². The number of hydrogen-bond acceptors (Lipinski definition) is 0. The second-order valence-corrected chi connectivity index (χ2v) is 14.2. The molecule has 0 N–H and O–H groups in total. The first-order chi connectivity index (χ1) is 19.5. The van der Waals surface area contributed by atoms with Gasteiger partial charge in [0.2, 0.25) is 0 Å². The lowest BCUT2D eigenvalue weighted by Gasteiger charge is -2.19. The zero-order chi connectivity index (χ0) is 28.7.